The zero-order valence-corrected chi connectivity index (χ0v) is 16.2. The standard InChI is InChI=1S/C18H27ClN2O3.ClH/c1-23-9-10-24-17-8-7-14(19)11-15(17)18(22)21-16(12-20)13-5-3-2-4-6-13;/h7-8,11,13,16H,2-6,9-10,12,20H2,1H3,(H,21,22);1H. The summed E-state index contributed by atoms with van der Waals surface area (Å²) in [5.74, 6) is 0.768. The molecular formula is C18H28Cl2N2O3. The molecule has 3 N–H and O–H groups in total. The zero-order valence-electron chi connectivity index (χ0n) is 14.6. The Labute approximate surface area is 161 Å². The molecule has 0 aliphatic heterocycles. The first-order valence-electron chi connectivity index (χ1n) is 8.58. The van der Waals surface area contributed by atoms with Crippen molar-refractivity contribution in [2.45, 2.75) is 38.1 Å². The maximum atomic E-state index is 12.7. The fourth-order valence-electron chi connectivity index (χ4n) is 3.19. The molecule has 1 aromatic rings. The molecule has 0 radical (unpaired) electrons. The fraction of sp³-hybridized carbons (Fsp3) is 0.611. The van der Waals surface area contributed by atoms with Gasteiger partial charge >= 0.3 is 0 Å². The van der Waals surface area contributed by atoms with Gasteiger partial charge in [-0.1, -0.05) is 30.9 Å². The largest absolute Gasteiger partial charge is 0.490 e. The van der Waals surface area contributed by atoms with Crippen LogP contribution in [0.1, 0.15) is 42.5 Å². The summed E-state index contributed by atoms with van der Waals surface area (Å²) in [4.78, 5) is 12.7. The van der Waals surface area contributed by atoms with Crippen LogP contribution in [0, 0.1) is 5.92 Å². The van der Waals surface area contributed by atoms with Crippen LogP contribution in [0.4, 0.5) is 0 Å². The molecule has 1 amide bonds. The lowest BCUT2D eigenvalue weighted by Gasteiger charge is -2.30. The molecular weight excluding hydrogens is 363 g/mol. The third-order valence-electron chi connectivity index (χ3n) is 4.52. The van der Waals surface area contributed by atoms with Crippen molar-refractivity contribution < 1.29 is 14.3 Å². The Hall–Kier alpha value is -1.01. The number of hydrogen-bond acceptors (Lipinski definition) is 4. The van der Waals surface area contributed by atoms with Crippen molar-refractivity contribution in [3.8, 4) is 5.75 Å². The Morgan fingerprint density at radius 1 is 1.32 bits per heavy atom. The first kappa shape index (κ1) is 22.0. The van der Waals surface area contributed by atoms with Gasteiger partial charge in [0.25, 0.3) is 5.91 Å². The van der Waals surface area contributed by atoms with E-state index in [0.29, 0.717) is 42.0 Å². The normalized spacial score (nSPS) is 16.0. The molecule has 1 aliphatic carbocycles. The summed E-state index contributed by atoms with van der Waals surface area (Å²) in [5, 5.41) is 3.58. The predicted octanol–water partition coefficient (Wildman–Crippen LogP) is 3.42. The lowest BCUT2D eigenvalue weighted by atomic mass is 9.84. The summed E-state index contributed by atoms with van der Waals surface area (Å²) in [5.41, 5.74) is 6.35. The van der Waals surface area contributed by atoms with Crippen molar-refractivity contribution in [3.05, 3.63) is 28.8 Å². The molecule has 1 fully saturated rings. The van der Waals surface area contributed by atoms with Crippen LogP contribution in [0.3, 0.4) is 0 Å². The molecule has 1 unspecified atom stereocenters. The third-order valence-corrected chi connectivity index (χ3v) is 4.76. The number of rotatable bonds is 8. The highest BCUT2D eigenvalue weighted by atomic mass is 35.5. The quantitative estimate of drug-likeness (QED) is 0.666. The number of amides is 1. The molecule has 0 saturated heterocycles. The van der Waals surface area contributed by atoms with Gasteiger partial charge in [-0.05, 0) is 37.0 Å². The minimum absolute atomic E-state index is 0. The summed E-state index contributed by atoms with van der Waals surface area (Å²) < 4.78 is 10.6. The van der Waals surface area contributed by atoms with E-state index < -0.39 is 0 Å². The maximum Gasteiger partial charge on any atom is 0.255 e. The van der Waals surface area contributed by atoms with E-state index in [4.69, 9.17) is 26.8 Å². The summed E-state index contributed by atoms with van der Waals surface area (Å²) in [6.07, 6.45) is 5.93. The highest BCUT2D eigenvalue weighted by Gasteiger charge is 2.25. The molecule has 1 aromatic carbocycles. The molecule has 0 aromatic heterocycles. The molecule has 0 bridgehead atoms. The SMILES string of the molecule is COCCOc1ccc(Cl)cc1C(=O)NC(CN)C1CCCCC1.Cl. The topological polar surface area (TPSA) is 73.6 Å². The number of nitrogens with two attached hydrogens (primary N) is 1. The van der Waals surface area contributed by atoms with Crippen LogP contribution >= 0.6 is 24.0 Å². The molecule has 5 nitrogen and oxygen atoms in total. The monoisotopic (exact) mass is 390 g/mol. The van der Waals surface area contributed by atoms with Crippen LogP contribution in [0.25, 0.3) is 0 Å². The number of halogens is 2. The van der Waals surface area contributed by atoms with Gasteiger partial charge in [-0.2, -0.15) is 0 Å². The van der Waals surface area contributed by atoms with Crippen molar-refractivity contribution in [1.82, 2.24) is 5.32 Å². The highest BCUT2D eigenvalue weighted by Crippen LogP contribution is 2.27. The number of carbonyl (C=O) groups is 1. The summed E-state index contributed by atoms with van der Waals surface area (Å²) in [7, 11) is 1.61. The van der Waals surface area contributed by atoms with Gasteiger partial charge in [0.2, 0.25) is 0 Å². The average molecular weight is 391 g/mol. The van der Waals surface area contributed by atoms with Crippen LogP contribution in [0.5, 0.6) is 5.75 Å². The van der Waals surface area contributed by atoms with Gasteiger partial charge in [-0.3, -0.25) is 4.79 Å². The molecule has 7 heteroatoms. The van der Waals surface area contributed by atoms with Crippen LogP contribution in [-0.4, -0.2) is 38.8 Å². The van der Waals surface area contributed by atoms with Crippen molar-refractivity contribution in [1.29, 1.82) is 0 Å². The number of nitrogens with one attached hydrogen (secondary N) is 1. The Kier molecular flexibility index (Phi) is 10.2. The number of ether oxygens (including phenoxy) is 2. The molecule has 142 valence electrons. The van der Waals surface area contributed by atoms with E-state index in [1.165, 1.54) is 19.3 Å². The Morgan fingerprint density at radius 2 is 2.04 bits per heavy atom. The Bertz CT molecular complexity index is 537. The van der Waals surface area contributed by atoms with Crippen molar-refractivity contribution in [3.63, 3.8) is 0 Å². The van der Waals surface area contributed by atoms with Gasteiger partial charge in [0.15, 0.2) is 0 Å². The van der Waals surface area contributed by atoms with E-state index in [1.807, 2.05) is 0 Å². The molecule has 2 rings (SSSR count). The number of carbonyl (C=O) groups excluding carboxylic acids is 1. The van der Waals surface area contributed by atoms with E-state index in [1.54, 1.807) is 25.3 Å². The van der Waals surface area contributed by atoms with Gasteiger partial charge < -0.3 is 20.5 Å². The van der Waals surface area contributed by atoms with Crippen LogP contribution in [0.15, 0.2) is 18.2 Å². The lowest BCUT2D eigenvalue weighted by Crippen LogP contribution is -2.46. The predicted molar refractivity (Wildman–Crippen MR) is 103 cm³/mol. The highest BCUT2D eigenvalue weighted by molar-refractivity contribution is 6.31. The van der Waals surface area contributed by atoms with E-state index >= 15 is 0 Å². The zero-order chi connectivity index (χ0) is 17.4. The van der Waals surface area contributed by atoms with Crippen LogP contribution < -0.4 is 15.8 Å². The minimum atomic E-state index is -0.189. The Morgan fingerprint density at radius 3 is 2.68 bits per heavy atom. The van der Waals surface area contributed by atoms with E-state index in [-0.39, 0.29) is 24.4 Å². The smallest absolute Gasteiger partial charge is 0.255 e. The van der Waals surface area contributed by atoms with Gasteiger partial charge in [-0.25, -0.2) is 0 Å². The minimum Gasteiger partial charge on any atom is -0.490 e. The number of methoxy groups -OCH3 is 1. The second-order valence-corrected chi connectivity index (χ2v) is 6.63. The second-order valence-electron chi connectivity index (χ2n) is 6.20. The van der Waals surface area contributed by atoms with E-state index in [9.17, 15) is 4.79 Å². The van der Waals surface area contributed by atoms with Crippen LogP contribution in [0.2, 0.25) is 5.02 Å². The fourth-order valence-corrected chi connectivity index (χ4v) is 3.36. The first-order chi connectivity index (χ1) is 11.7. The van der Waals surface area contributed by atoms with Crippen LogP contribution in [-0.2, 0) is 4.74 Å². The van der Waals surface area contributed by atoms with Gasteiger partial charge in [0, 0.05) is 24.7 Å². The molecule has 0 spiro atoms. The number of benzene rings is 1. The lowest BCUT2D eigenvalue weighted by molar-refractivity contribution is 0.0908. The van der Waals surface area contributed by atoms with Crippen molar-refractivity contribution in [2.75, 3.05) is 26.9 Å². The van der Waals surface area contributed by atoms with E-state index in [2.05, 4.69) is 5.32 Å². The third kappa shape index (κ3) is 6.66. The molecule has 0 heterocycles. The summed E-state index contributed by atoms with van der Waals surface area (Å²) in [6, 6.07) is 5.05. The second kappa shape index (κ2) is 11.6. The Balaban J connectivity index is 0.00000312. The molecule has 25 heavy (non-hydrogen) atoms. The average Bonchev–Trinajstić information content (AvgIpc) is 2.61. The van der Waals surface area contributed by atoms with Gasteiger partial charge in [0.1, 0.15) is 12.4 Å². The summed E-state index contributed by atoms with van der Waals surface area (Å²) in [6.45, 7) is 1.27. The van der Waals surface area contributed by atoms with Gasteiger partial charge in [0.05, 0.1) is 12.2 Å². The first-order valence-corrected chi connectivity index (χ1v) is 8.95. The van der Waals surface area contributed by atoms with Crippen molar-refractivity contribution in [2.24, 2.45) is 11.7 Å². The summed E-state index contributed by atoms with van der Waals surface area (Å²) >= 11 is 6.06. The van der Waals surface area contributed by atoms with Gasteiger partial charge in [-0.15, -0.1) is 12.4 Å². The molecule has 1 saturated carbocycles. The van der Waals surface area contributed by atoms with Crippen molar-refractivity contribution >= 4 is 29.9 Å². The molecule has 1 atom stereocenters. The van der Waals surface area contributed by atoms with E-state index in [0.717, 1.165) is 12.8 Å². The maximum absolute atomic E-state index is 12.7. The number of hydrogen-bond donors (Lipinski definition) is 2. The molecule has 1 aliphatic rings.